The number of ether oxygens (including phenoxy) is 1. The maximum absolute atomic E-state index is 11.4. The van der Waals surface area contributed by atoms with Gasteiger partial charge in [-0.2, -0.15) is 0 Å². The van der Waals surface area contributed by atoms with Gasteiger partial charge in [-0.25, -0.2) is 4.79 Å². The fourth-order valence-corrected chi connectivity index (χ4v) is 1.12. The molecule has 74 valence electrons. The van der Waals surface area contributed by atoms with Crippen LogP contribution in [-0.2, 0) is 4.74 Å². The van der Waals surface area contributed by atoms with E-state index in [4.69, 9.17) is 5.11 Å². The molecule has 0 atom stereocenters. The first-order chi connectivity index (χ1) is 6.66. The Kier molecular flexibility index (Phi) is 3.36. The van der Waals surface area contributed by atoms with Crippen LogP contribution in [-0.4, -0.2) is 30.6 Å². The van der Waals surface area contributed by atoms with E-state index < -0.39 is 5.97 Å². The van der Waals surface area contributed by atoms with Crippen molar-refractivity contribution in [1.29, 1.82) is 0 Å². The normalized spacial score (nSPS) is 9.79. The lowest BCUT2D eigenvalue weighted by atomic mass is 10.0. The molecule has 1 rings (SSSR count). The Balaban J connectivity index is 3.07. The van der Waals surface area contributed by atoms with Crippen LogP contribution in [0.5, 0.6) is 0 Å². The summed E-state index contributed by atoms with van der Waals surface area (Å²) in [4.78, 5) is 22.1. The smallest absolute Gasteiger partial charge is 0.336 e. The molecular formula is C10H10O4. The molecule has 0 aliphatic carbocycles. The van der Waals surface area contributed by atoms with Crippen molar-refractivity contribution in [2.75, 3.05) is 13.7 Å². The van der Waals surface area contributed by atoms with Crippen molar-refractivity contribution in [3.05, 3.63) is 35.4 Å². The predicted octanol–water partition coefficient (Wildman–Crippen LogP) is 1.21. The first-order valence-electron chi connectivity index (χ1n) is 4.01. The number of ketones is 1. The molecule has 4 heteroatoms. The highest BCUT2D eigenvalue weighted by molar-refractivity contribution is 6.06. The number of hydrogen-bond donors (Lipinski definition) is 1. The number of rotatable bonds is 4. The van der Waals surface area contributed by atoms with Crippen molar-refractivity contribution in [3.8, 4) is 0 Å². The van der Waals surface area contributed by atoms with Gasteiger partial charge in [-0.1, -0.05) is 18.2 Å². The van der Waals surface area contributed by atoms with Crippen molar-refractivity contribution >= 4 is 11.8 Å². The van der Waals surface area contributed by atoms with Crippen LogP contribution in [0.2, 0.25) is 0 Å². The minimum absolute atomic E-state index is 0.00884. The largest absolute Gasteiger partial charge is 0.478 e. The van der Waals surface area contributed by atoms with Gasteiger partial charge in [-0.05, 0) is 6.07 Å². The Bertz CT molecular complexity index is 357. The molecule has 0 bridgehead atoms. The lowest BCUT2D eigenvalue weighted by molar-refractivity contribution is 0.0687. The molecule has 0 heterocycles. The van der Waals surface area contributed by atoms with E-state index in [2.05, 4.69) is 4.74 Å². The minimum Gasteiger partial charge on any atom is -0.478 e. The highest BCUT2D eigenvalue weighted by Gasteiger charge is 2.14. The SMILES string of the molecule is COCC(=O)c1ccccc1C(=O)O. The van der Waals surface area contributed by atoms with Crippen molar-refractivity contribution in [1.82, 2.24) is 0 Å². The molecule has 4 nitrogen and oxygen atoms in total. The van der Waals surface area contributed by atoms with Crippen LogP contribution < -0.4 is 0 Å². The minimum atomic E-state index is -1.11. The third-order valence-electron chi connectivity index (χ3n) is 1.73. The number of carboxylic acids is 1. The summed E-state index contributed by atoms with van der Waals surface area (Å²) in [6.07, 6.45) is 0. The topological polar surface area (TPSA) is 63.6 Å². The molecule has 0 fully saturated rings. The summed E-state index contributed by atoms with van der Waals surface area (Å²) >= 11 is 0. The fraction of sp³-hybridized carbons (Fsp3) is 0.200. The van der Waals surface area contributed by atoms with Gasteiger partial charge in [0.1, 0.15) is 6.61 Å². The monoisotopic (exact) mass is 194 g/mol. The average Bonchev–Trinajstić information content (AvgIpc) is 2.18. The summed E-state index contributed by atoms with van der Waals surface area (Å²) < 4.78 is 4.65. The molecule has 1 aromatic carbocycles. The van der Waals surface area contributed by atoms with E-state index in [-0.39, 0.29) is 23.5 Å². The van der Waals surface area contributed by atoms with Crippen LogP contribution in [0.15, 0.2) is 24.3 Å². The van der Waals surface area contributed by atoms with Crippen LogP contribution in [0, 0.1) is 0 Å². The summed E-state index contributed by atoms with van der Waals surface area (Å²) in [6.45, 7) is -0.107. The number of aromatic carboxylic acids is 1. The second-order valence-electron chi connectivity index (χ2n) is 2.71. The number of benzene rings is 1. The third kappa shape index (κ3) is 2.17. The van der Waals surface area contributed by atoms with Gasteiger partial charge in [0.05, 0.1) is 5.56 Å². The predicted molar refractivity (Wildman–Crippen MR) is 49.6 cm³/mol. The van der Waals surface area contributed by atoms with Crippen LogP contribution in [0.1, 0.15) is 20.7 Å². The third-order valence-corrected chi connectivity index (χ3v) is 1.73. The van der Waals surface area contributed by atoms with Crippen molar-refractivity contribution < 1.29 is 19.4 Å². The number of hydrogen-bond acceptors (Lipinski definition) is 3. The number of Topliss-reactive ketones (excluding diaryl/α,β-unsaturated/α-hetero) is 1. The van der Waals surface area contributed by atoms with Gasteiger partial charge in [-0.15, -0.1) is 0 Å². The first kappa shape index (κ1) is 10.4. The van der Waals surface area contributed by atoms with Gasteiger partial charge in [0.2, 0.25) is 0 Å². The molecule has 1 aromatic rings. The van der Waals surface area contributed by atoms with E-state index >= 15 is 0 Å². The Morgan fingerprint density at radius 1 is 1.29 bits per heavy atom. The van der Waals surface area contributed by atoms with Crippen molar-refractivity contribution in [2.45, 2.75) is 0 Å². The molecule has 0 saturated heterocycles. The van der Waals surface area contributed by atoms with Gasteiger partial charge in [0.15, 0.2) is 5.78 Å². The Morgan fingerprint density at radius 2 is 1.86 bits per heavy atom. The van der Waals surface area contributed by atoms with E-state index in [1.54, 1.807) is 12.1 Å². The summed E-state index contributed by atoms with van der Waals surface area (Å²) in [7, 11) is 1.39. The lowest BCUT2D eigenvalue weighted by Crippen LogP contribution is -2.12. The van der Waals surface area contributed by atoms with Gasteiger partial charge in [0, 0.05) is 12.7 Å². The van der Waals surface area contributed by atoms with Gasteiger partial charge < -0.3 is 9.84 Å². The maximum atomic E-state index is 11.4. The Labute approximate surface area is 81.1 Å². The molecule has 14 heavy (non-hydrogen) atoms. The van der Waals surface area contributed by atoms with E-state index in [0.717, 1.165) is 0 Å². The van der Waals surface area contributed by atoms with Crippen LogP contribution in [0.4, 0.5) is 0 Å². The molecule has 1 N–H and O–H groups in total. The number of carboxylic acid groups (broad SMARTS) is 1. The zero-order valence-corrected chi connectivity index (χ0v) is 7.69. The highest BCUT2D eigenvalue weighted by atomic mass is 16.5. The quantitative estimate of drug-likeness (QED) is 0.732. The van der Waals surface area contributed by atoms with Gasteiger partial charge in [-0.3, -0.25) is 4.79 Å². The average molecular weight is 194 g/mol. The molecule has 0 spiro atoms. The van der Waals surface area contributed by atoms with Gasteiger partial charge >= 0.3 is 5.97 Å². The zero-order chi connectivity index (χ0) is 10.6. The summed E-state index contributed by atoms with van der Waals surface area (Å²) in [6, 6.07) is 6.07. The molecule has 0 radical (unpaired) electrons. The molecule has 0 saturated carbocycles. The van der Waals surface area contributed by atoms with Crippen LogP contribution >= 0.6 is 0 Å². The molecular weight excluding hydrogens is 184 g/mol. The summed E-state index contributed by atoms with van der Waals surface area (Å²) in [5, 5.41) is 8.79. The Morgan fingerprint density at radius 3 is 2.36 bits per heavy atom. The van der Waals surface area contributed by atoms with Crippen molar-refractivity contribution in [2.24, 2.45) is 0 Å². The second kappa shape index (κ2) is 4.53. The fourth-order valence-electron chi connectivity index (χ4n) is 1.12. The molecule has 0 unspecified atom stereocenters. The maximum Gasteiger partial charge on any atom is 0.336 e. The lowest BCUT2D eigenvalue weighted by Gasteiger charge is -2.03. The molecule has 0 aliphatic heterocycles. The highest BCUT2D eigenvalue weighted by Crippen LogP contribution is 2.09. The van der Waals surface area contributed by atoms with E-state index in [1.807, 2.05) is 0 Å². The zero-order valence-electron chi connectivity index (χ0n) is 7.69. The van der Waals surface area contributed by atoms with Crippen LogP contribution in [0.25, 0.3) is 0 Å². The Hall–Kier alpha value is -1.68. The van der Waals surface area contributed by atoms with Crippen LogP contribution in [0.3, 0.4) is 0 Å². The number of methoxy groups -OCH3 is 1. The van der Waals surface area contributed by atoms with E-state index in [0.29, 0.717) is 0 Å². The first-order valence-corrected chi connectivity index (χ1v) is 4.01. The van der Waals surface area contributed by atoms with E-state index in [1.165, 1.54) is 19.2 Å². The van der Waals surface area contributed by atoms with Crippen molar-refractivity contribution in [3.63, 3.8) is 0 Å². The number of carbonyl (C=O) groups excluding carboxylic acids is 1. The van der Waals surface area contributed by atoms with E-state index in [9.17, 15) is 9.59 Å². The standard InChI is InChI=1S/C10H10O4/c1-14-6-9(11)7-4-2-3-5-8(7)10(12)13/h2-5H,6H2,1H3,(H,12,13). The molecule has 0 amide bonds. The van der Waals surface area contributed by atoms with Gasteiger partial charge in [0.25, 0.3) is 0 Å². The number of carbonyl (C=O) groups is 2. The second-order valence-corrected chi connectivity index (χ2v) is 2.71. The summed E-state index contributed by atoms with van der Waals surface area (Å²) in [5.74, 6) is -1.43. The molecule has 0 aromatic heterocycles. The summed E-state index contributed by atoms with van der Waals surface area (Å²) in [5.41, 5.74) is 0.191. The molecule has 0 aliphatic rings.